The van der Waals surface area contributed by atoms with Crippen molar-refractivity contribution in [3.8, 4) is 0 Å². The second-order valence-electron chi connectivity index (χ2n) is 5.46. The molecule has 1 amide bonds. The number of ether oxygens (including phenoxy) is 1. The van der Waals surface area contributed by atoms with Crippen LogP contribution in [0.15, 0.2) is 24.3 Å². The lowest BCUT2D eigenvalue weighted by molar-refractivity contribution is -0.123. The highest BCUT2D eigenvalue weighted by molar-refractivity contribution is 5.81. The summed E-state index contributed by atoms with van der Waals surface area (Å²) in [6.07, 6.45) is 3.78. The Hall–Kier alpha value is -1.59. The summed E-state index contributed by atoms with van der Waals surface area (Å²) in [7, 11) is 1.54. The van der Waals surface area contributed by atoms with Gasteiger partial charge in [0.25, 0.3) is 0 Å². The highest BCUT2D eigenvalue weighted by Gasteiger charge is 2.16. The molecule has 0 aromatic heterocycles. The van der Waals surface area contributed by atoms with Crippen LogP contribution in [0.4, 0.5) is 5.69 Å². The molecule has 1 aliphatic rings. The van der Waals surface area contributed by atoms with Crippen LogP contribution in [-0.4, -0.2) is 38.8 Å². The number of hydrogen-bond acceptors (Lipinski definition) is 4. The van der Waals surface area contributed by atoms with Crippen LogP contribution in [0.2, 0.25) is 0 Å². The molecule has 1 unspecified atom stereocenters. The molecule has 1 fully saturated rings. The van der Waals surface area contributed by atoms with Crippen molar-refractivity contribution in [1.29, 1.82) is 0 Å². The molecule has 1 saturated heterocycles. The highest BCUT2D eigenvalue weighted by atomic mass is 16.5. The molecule has 2 rings (SSSR count). The predicted octanol–water partition coefficient (Wildman–Crippen LogP) is 1.27. The van der Waals surface area contributed by atoms with E-state index in [1.54, 1.807) is 7.11 Å². The summed E-state index contributed by atoms with van der Waals surface area (Å²) in [5.41, 5.74) is 8.08. The van der Waals surface area contributed by atoms with Crippen LogP contribution < -0.4 is 16.0 Å². The minimum absolute atomic E-state index is 0.176. The fourth-order valence-corrected chi connectivity index (χ4v) is 2.67. The largest absolute Gasteiger partial charge is 0.383 e. The van der Waals surface area contributed by atoms with Crippen molar-refractivity contribution in [3.63, 3.8) is 0 Å². The zero-order valence-electron chi connectivity index (χ0n) is 12.7. The van der Waals surface area contributed by atoms with Crippen LogP contribution in [0.5, 0.6) is 0 Å². The number of anilines is 1. The van der Waals surface area contributed by atoms with Gasteiger partial charge in [-0.1, -0.05) is 18.2 Å². The van der Waals surface area contributed by atoms with Crippen molar-refractivity contribution in [1.82, 2.24) is 5.32 Å². The summed E-state index contributed by atoms with van der Waals surface area (Å²) in [6, 6.07) is 7.63. The van der Waals surface area contributed by atoms with Gasteiger partial charge in [0.15, 0.2) is 0 Å². The predicted molar refractivity (Wildman–Crippen MR) is 84.2 cm³/mol. The van der Waals surface area contributed by atoms with Crippen molar-refractivity contribution < 1.29 is 9.53 Å². The molecule has 5 nitrogen and oxygen atoms in total. The number of carbonyl (C=O) groups excluding carboxylic acids is 1. The van der Waals surface area contributed by atoms with Crippen LogP contribution >= 0.6 is 0 Å². The van der Waals surface area contributed by atoms with E-state index < -0.39 is 6.04 Å². The van der Waals surface area contributed by atoms with E-state index in [4.69, 9.17) is 10.5 Å². The SMILES string of the molecule is COCC(N)C(=O)NCc1ccccc1N1CCCCC1. The fourth-order valence-electron chi connectivity index (χ4n) is 2.67. The molecular weight excluding hydrogens is 266 g/mol. The van der Waals surface area contributed by atoms with Crippen LogP contribution in [0.1, 0.15) is 24.8 Å². The molecule has 0 radical (unpaired) electrons. The van der Waals surface area contributed by atoms with Gasteiger partial charge in [-0.05, 0) is 30.9 Å². The van der Waals surface area contributed by atoms with Gasteiger partial charge in [-0.25, -0.2) is 0 Å². The van der Waals surface area contributed by atoms with Crippen LogP contribution in [-0.2, 0) is 16.1 Å². The summed E-state index contributed by atoms with van der Waals surface area (Å²) in [6.45, 7) is 2.92. The topological polar surface area (TPSA) is 67.6 Å². The lowest BCUT2D eigenvalue weighted by Crippen LogP contribution is -2.43. The third-order valence-corrected chi connectivity index (χ3v) is 3.82. The molecular formula is C16H25N3O2. The Morgan fingerprint density at radius 2 is 2.05 bits per heavy atom. The Kier molecular flexibility index (Phi) is 6.02. The number of piperidine rings is 1. The number of amides is 1. The van der Waals surface area contributed by atoms with Crippen molar-refractivity contribution in [2.24, 2.45) is 5.73 Å². The molecule has 1 aromatic rings. The molecule has 21 heavy (non-hydrogen) atoms. The number of hydrogen-bond donors (Lipinski definition) is 2. The van der Waals surface area contributed by atoms with E-state index in [1.807, 2.05) is 12.1 Å². The van der Waals surface area contributed by atoms with E-state index in [2.05, 4.69) is 22.3 Å². The van der Waals surface area contributed by atoms with E-state index in [0.717, 1.165) is 18.7 Å². The minimum Gasteiger partial charge on any atom is -0.383 e. The molecule has 3 N–H and O–H groups in total. The first-order valence-corrected chi connectivity index (χ1v) is 7.57. The maximum absolute atomic E-state index is 11.9. The van der Waals surface area contributed by atoms with Crippen LogP contribution in [0.25, 0.3) is 0 Å². The zero-order valence-corrected chi connectivity index (χ0v) is 12.7. The lowest BCUT2D eigenvalue weighted by Gasteiger charge is -2.30. The second-order valence-corrected chi connectivity index (χ2v) is 5.46. The molecule has 1 atom stereocenters. The number of nitrogens with zero attached hydrogens (tertiary/aromatic N) is 1. The number of carbonyl (C=O) groups is 1. The average molecular weight is 291 g/mol. The molecule has 0 saturated carbocycles. The normalized spacial score (nSPS) is 16.6. The Labute approximate surface area is 126 Å². The number of nitrogens with two attached hydrogens (primary N) is 1. The van der Waals surface area contributed by atoms with Gasteiger partial charge in [-0.3, -0.25) is 4.79 Å². The van der Waals surface area contributed by atoms with Crippen LogP contribution in [0, 0.1) is 0 Å². The Morgan fingerprint density at radius 1 is 1.33 bits per heavy atom. The van der Waals surface area contributed by atoms with Gasteiger partial charge < -0.3 is 20.7 Å². The van der Waals surface area contributed by atoms with Crippen molar-refractivity contribution in [2.45, 2.75) is 31.8 Å². The third kappa shape index (κ3) is 4.44. The van der Waals surface area contributed by atoms with Crippen molar-refractivity contribution in [2.75, 3.05) is 31.7 Å². The molecule has 0 bridgehead atoms. The number of para-hydroxylation sites is 1. The maximum Gasteiger partial charge on any atom is 0.239 e. The van der Waals surface area contributed by atoms with Crippen molar-refractivity contribution >= 4 is 11.6 Å². The summed E-state index contributed by atoms with van der Waals surface area (Å²) >= 11 is 0. The summed E-state index contributed by atoms with van der Waals surface area (Å²) in [5.74, 6) is -0.176. The van der Waals surface area contributed by atoms with Gasteiger partial charge in [0.05, 0.1) is 6.61 Å². The minimum atomic E-state index is -0.614. The molecule has 116 valence electrons. The highest BCUT2D eigenvalue weighted by Crippen LogP contribution is 2.23. The van der Waals surface area contributed by atoms with Gasteiger partial charge in [-0.2, -0.15) is 0 Å². The number of nitrogens with one attached hydrogen (secondary N) is 1. The van der Waals surface area contributed by atoms with Gasteiger partial charge in [-0.15, -0.1) is 0 Å². The molecule has 0 aliphatic carbocycles. The monoisotopic (exact) mass is 291 g/mol. The summed E-state index contributed by atoms with van der Waals surface area (Å²) in [5, 5.41) is 2.89. The Balaban J connectivity index is 1.98. The molecule has 5 heteroatoms. The fraction of sp³-hybridized carbons (Fsp3) is 0.562. The molecule has 1 heterocycles. The number of rotatable bonds is 6. The first-order valence-electron chi connectivity index (χ1n) is 7.57. The summed E-state index contributed by atoms with van der Waals surface area (Å²) in [4.78, 5) is 14.3. The van der Waals surface area contributed by atoms with E-state index >= 15 is 0 Å². The van der Waals surface area contributed by atoms with E-state index in [1.165, 1.54) is 24.9 Å². The molecule has 1 aliphatic heterocycles. The lowest BCUT2D eigenvalue weighted by atomic mass is 10.1. The smallest absolute Gasteiger partial charge is 0.239 e. The summed E-state index contributed by atoms with van der Waals surface area (Å²) < 4.78 is 4.90. The first-order chi connectivity index (χ1) is 10.2. The average Bonchev–Trinajstić information content (AvgIpc) is 2.54. The van der Waals surface area contributed by atoms with E-state index in [-0.39, 0.29) is 12.5 Å². The van der Waals surface area contributed by atoms with Gasteiger partial charge in [0.2, 0.25) is 5.91 Å². The standard InChI is InChI=1S/C16H25N3O2/c1-21-12-14(17)16(20)18-11-13-7-3-4-8-15(13)19-9-5-2-6-10-19/h3-4,7-8,14H,2,5-6,9-12,17H2,1H3,(H,18,20). The Bertz CT molecular complexity index is 459. The second kappa shape index (κ2) is 8.00. The van der Waals surface area contributed by atoms with E-state index in [0.29, 0.717) is 6.54 Å². The third-order valence-electron chi connectivity index (χ3n) is 3.82. The molecule has 1 aromatic carbocycles. The Morgan fingerprint density at radius 3 is 2.76 bits per heavy atom. The first kappa shape index (κ1) is 15.8. The van der Waals surface area contributed by atoms with Crippen LogP contribution in [0.3, 0.4) is 0 Å². The number of methoxy groups -OCH3 is 1. The zero-order chi connectivity index (χ0) is 15.1. The molecule has 0 spiro atoms. The quantitative estimate of drug-likeness (QED) is 0.828. The van der Waals surface area contributed by atoms with Crippen molar-refractivity contribution in [3.05, 3.63) is 29.8 Å². The maximum atomic E-state index is 11.9. The van der Waals surface area contributed by atoms with Gasteiger partial charge >= 0.3 is 0 Å². The van der Waals surface area contributed by atoms with E-state index in [9.17, 15) is 4.79 Å². The van der Waals surface area contributed by atoms with Gasteiger partial charge in [0, 0.05) is 32.4 Å². The van der Waals surface area contributed by atoms with Gasteiger partial charge in [0.1, 0.15) is 6.04 Å². The number of benzene rings is 1.